The number of amides is 1. The average Bonchev–Trinajstić information content (AvgIpc) is 2.51. The number of likely N-dealkylation sites (tertiary alicyclic amines) is 1. The molecule has 1 aliphatic rings. The van der Waals surface area contributed by atoms with Crippen LogP contribution in [0.5, 0.6) is 0 Å². The molecule has 0 aliphatic carbocycles. The van der Waals surface area contributed by atoms with Gasteiger partial charge in [-0.1, -0.05) is 71.2 Å². The molecule has 2 rings (SSSR count). The summed E-state index contributed by atoms with van der Waals surface area (Å²) in [5.41, 5.74) is 2.64. The van der Waals surface area contributed by atoms with Crippen molar-refractivity contribution in [1.82, 2.24) is 4.90 Å². The molecule has 128 valence electrons. The van der Waals surface area contributed by atoms with Gasteiger partial charge in [0.25, 0.3) is 5.91 Å². The van der Waals surface area contributed by atoms with E-state index >= 15 is 0 Å². The van der Waals surface area contributed by atoms with Gasteiger partial charge in [0.1, 0.15) is 0 Å². The number of methoxy groups -OCH3 is 1. The molecule has 23 heavy (non-hydrogen) atoms. The molecular formula is C20H31NO2. The number of hydrogen-bond acceptors (Lipinski definition) is 2. The first-order chi connectivity index (χ1) is 10.9. The first kappa shape index (κ1) is 18.0. The Labute approximate surface area is 141 Å². The van der Waals surface area contributed by atoms with E-state index in [9.17, 15) is 4.79 Å². The molecule has 1 fully saturated rings. The van der Waals surface area contributed by atoms with Gasteiger partial charge >= 0.3 is 0 Å². The molecule has 1 aromatic rings. The second-order valence-electron chi connectivity index (χ2n) is 7.57. The van der Waals surface area contributed by atoms with Crippen LogP contribution in [-0.2, 0) is 14.9 Å². The molecule has 0 radical (unpaired) electrons. The maximum absolute atomic E-state index is 12.3. The summed E-state index contributed by atoms with van der Waals surface area (Å²) in [4.78, 5) is 14.2. The van der Waals surface area contributed by atoms with E-state index in [0.717, 1.165) is 13.0 Å². The molecule has 1 aromatic carbocycles. The molecule has 0 N–H and O–H groups in total. The van der Waals surface area contributed by atoms with Crippen molar-refractivity contribution in [3.8, 4) is 0 Å². The van der Waals surface area contributed by atoms with E-state index in [-0.39, 0.29) is 23.5 Å². The molecule has 1 aliphatic heterocycles. The highest BCUT2D eigenvalue weighted by molar-refractivity contribution is 5.89. The van der Waals surface area contributed by atoms with Gasteiger partial charge < -0.3 is 9.64 Å². The van der Waals surface area contributed by atoms with Crippen LogP contribution in [0.25, 0.3) is 0 Å². The lowest BCUT2D eigenvalue weighted by Crippen LogP contribution is -2.59. The molecule has 3 heteroatoms. The van der Waals surface area contributed by atoms with Gasteiger partial charge in [-0.3, -0.25) is 4.79 Å². The van der Waals surface area contributed by atoms with E-state index in [4.69, 9.17) is 4.74 Å². The number of ether oxygens (including phenoxy) is 1. The van der Waals surface area contributed by atoms with Crippen molar-refractivity contribution in [3.05, 3.63) is 35.4 Å². The Morgan fingerprint density at radius 2 is 1.74 bits per heavy atom. The van der Waals surface area contributed by atoms with E-state index in [1.165, 1.54) is 30.4 Å². The van der Waals surface area contributed by atoms with Crippen molar-refractivity contribution in [2.45, 2.75) is 70.9 Å². The van der Waals surface area contributed by atoms with Gasteiger partial charge in [0.05, 0.1) is 6.04 Å². The zero-order valence-corrected chi connectivity index (χ0v) is 15.3. The quantitative estimate of drug-likeness (QED) is 0.549. The predicted molar refractivity (Wildman–Crippen MR) is 94.5 cm³/mol. The molecule has 0 spiro atoms. The summed E-state index contributed by atoms with van der Waals surface area (Å²) in [6, 6.07) is 8.74. The van der Waals surface area contributed by atoms with Gasteiger partial charge in [-0.15, -0.1) is 0 Å². The Morgan fingerprint density at radius 3 is 2.26 bits per heavy atom. The Kier molecular flexibility index (Phi) is 5.85. The Balaban J connectivity index is 2.09. The highest BCUT2D eigenvalue weighted by Crippen LogP contribution is 2.37. The molecule has 0 saturated carbocycles. The standard InChI is InChI=1S/C20H31NO2/c1-6-7-8-9-14-21-17(18(23-5)19(21)22)15-10-12-16(13-11-15)20(2,3)4/h10-13,17-18H,6-9,14H2,1-5H3/t17-,18+/m0/s1. The SMILES string of the molecule is CCCCCCN1C(=O)[C@H](OC)[C@@H]1c1ccc(C(C)(C)C)cc1. The normalized spacial score (nSPS) is 21.4. The molecule has 2 atom stereocenters. The summed E-state index contributed by atoms with van der Waals surface area (Å²) < 4.78 is 5.43. The second-order valence-corrected chi connectivity index (χ2v) is 7.57. The van der Waals surface area contributed by atoms with Gasteiger partial charge in [0, 0.05) is 13.7 Å². The summed E-state index contributed by atoms with van der Waals surface area (Å²) in [6.07, 6.45) is 4.40. The molecule has 0 bridgehead atoms. The molecule has 3 nitrogen and oxygen atoms in total. The highest BCUT2D eigenvalue weighted by atomic mass is 16.5. The maximum atomic E-state index is 12.3. The van der Waals surface area contributed by atoms with Crippen molar-refractivity contribution in [3.63, 3.8) is 0 Å². The Hall–Kier alpha value is -1.35. The lowest BCUT2D eigenvalue weighted by molar-refractivity contribution is -0.171. The zero-order chi connectivity index (χ0) is 17.0. The van der Waals surface area contributed by atoms with Crippen LogP contribution in [0.15, 0.2) is 24.3 Å². The smallest absolute Gasteiger partial charge is 0.254 e. The van der Waals surface area contributed by atoms with Gasteiger partial charge in [-0.25, -0.2) is 0 Å². The molecular weight excluding hydrogens is 286 g/mol. The Bertz CT molecular complexity index is 515. The second kappa shape index (κ2) is 7.48. The fourth-order valence-electron chi connectivity index (χ4n) is 3.24. The predicted octanol–water partition coefficient (Wildman–Crippen LogP) is 4.46. The van der Waals surface area contributed by atoms with Gasteiger partial charge in [-0.2, -0.15) is 0 Å². The molecule has 0 unspecified atom stereocenters. The van der Waals surface area contributed by atoms with Crippen LogP contribution in [0.4, 0.5) is 0 Å². The topological polar surface area (TPSA) is 29.5 Å². The fourth-order valence-corrected chi connectivity index (χ4v) is 3.24. The van der Waals surface area contributed by atoms with Crippen LogP contribution in [0, 0.1) is 0 Å². The molecule has 0 aromatic heterocycles. The highest BCUT2D eigenvalue weighted by Gasteiger charge is 2.47. The number of nitrogens with zero attached hydrogens (tertiary/aromatic N) is 1. The number of carbonyl (C=O) groups excluding carboxylic acids is 1. The van der Waals surface area contributed by atoms with E-state index in [0.29, 0.717) is 0 Å². The van der Waals surface area contributed by atoms with E-state index in [1.54, 1.807) is 7.11 Å². The van der Waals surface area contributed by atoms with Crippen LogP contribution < -0.4 is 0 Å². The third-order valence-electron chi connectivity index (χ3n) is 4.77. The van der Waals surface area contributed by atoms with Gasteiger partial charge in [-0.05, 0) is 23.0 Å². The van der Waals surface area contributed by atoms with E-state index in [2.05, 4.69) is 52.0 Å². The number of unbranched alkanes of at least 4 members (excludes halogenated alkanes) is 3. The number of benzene rings is 1. The summed E-state index contributed by atoms with van der Waals surface area (Å²) in [5, 5.41) is 0. The van der Waals surface area contributed by atoms with Gasteiger partial charge in [0.15, 0.2) is 6.10 Å². The zero-order valence-electron chi connectivity index (χ0n) is 15.3. The summed E-state index contributed by atoms with van der Waals surface area (Å²) in [7, 11) is 1.63. The number of β-lactam (4-membered cyclic amide) rings is 1. The molecule has 1 saturated heterocycles. The monoisotopic (exact) mass is 317 g/mol. The third-order valence-corrected chi connectivity index (χ3v) is 4.77. The summed E-state index contributed by atoms with van der Waals surface area (Å²) >= 11 is 0. The van der Waals surface area contributed by atoms with Gasteiger partial charge in [0.2, 0.25) is 0 Å². The minimum atomic E-state index is -0.318. The van der Waals surface area contributed by atoms with E-state index < -0.39 is 0 Å². The molecule has 1 amide bonds. The maximum Gasteiger partial charge on any atom is 0.254 e. The van der Waals surface area contributed by atoms with Crippen LogP contribution in [0.3, 0.4) is 0 Å². The lowest BCUT2D eigenvalue weighted by atomic mass is 9.84. The third kappa shape index (κ3) is 3.95. The summed E-state index contributed by atoms with van der Waals surface area (Å²) in [5.74, 6) is 0.133. The Morgan fingerprint density at radius 1 is 1.09 bits per heavy atom. The number of hydrogen-bond donors (Lipinski definition) is 0. The van der Waals surface area contributed by atoms with Crippen LogP contribution >= 0.6 is 0 Å². The van der Waals surface area contributed by atoms with Crippen molar-refractivity contribution >= 4 is 5.91 Å². The first-order valence-electron chi connectivity index (χ1n) is 8.84. The van der Waals surface area contributed by atoms with Crippen molar-refractivity contribution in [2.75, 3.05) is 13.7 Å². The number of rotatable bonds is 7. The number of carbonyl (C=O) groups is 1. The van der Waals surface area contributed by atoms with Crippen LogP contribution in [0.2, 0.25) is 0 Å². The molecule has 1 heterocycles. The van der Waals surface area contributed by atoms with Crippen LogP contribution in [-0.4, -0.2) is 30.6 Å². The van der Waals surface area contributed by atoms with Crippen molar-refractivity contribution in [1.29, 1.82) is 0 Å². The van der Waals surface area contributed by atoms with Crippen molar-refractivity contribution < 1.29 is 9.53 Å². The van der Waals surface area contributed by atoms with E-state index in [1.807, 2.05) is 4.90 Å². The lowest BCUT2D eigenvalue weighted by Gasteiger charge is -2.46. The fraction of sp³-hybridized carbons (Fsp3) is 0.650. The first-order valence-corrected chi connectivity index (χ1v) is 8.84. The average molecular weight is 317 g/mol. The largest absolute Gasteiger partial charge is 0.369 e. The minimum Gasteiger partial charge on any atom is -0.369 e. The summed E-state index contributed by atoms with van der Waals surface area (Å²) in [6.45, 7) is 9.69. The van der Waals surface area contributed by atoms with Crippen LogP contribution in [0.1, 0.15) is 70.5 Å². The minimum absolute atomic E-state index is 0.0724. The van der Waals surface area contributed by atoms with Crippen molar-refractivity contribution in [2.24, 2.45) is 0 Å².